The molecule has 0 amide bonds. The SMILES string of the molecule is CCNCCOc1cccc(C)n1. The number of aryl methyl sites for hydroxylation is 1. The quantitative estimate of drug-likeness (QED) is 0.695. The van der Waals surface area contributed by atoms with E-state index in [-0.39, 0.29) is 0 Å². The van der Waals surface area contributed by atoms with Gasteiger partial charge in [-0.05, 0) is 19.5 Å². The van der Waals surface area contributed by atoms with Crippen molar-refractivity contribution in [1.82, 2.24) is 10.3 Å². The van der Waals surface area contributed by atoms with Gasteiger partial charge >= 0.3 is 0 Å². The van der Waals surface area contributed by atoms with E-state index in [1.165, 1.54) is 0 Å². The molecule has 0 radical (unpaired) electrons. The zero-order chi connectivity index (χ0) is 9.52. The van der Waals surface area contributed by atoms with Crippen molar-refractivity contribution in [2.45, 2.75) is 13.8 Å². The van der Waals surface area contributed by atoms with Gasteiger partial charge in [-0.25, -0.2) is 4.98 Å². The van der Waals surface area contributed by atoms with E-state index in [2.05, 4.69) is 17.2 Å². The molecule has 0 spiro atoms. The third-order valence-electron chi connectivity index (χ3n) is 1.64. The van der Waals surface area contributed by atoms with Crippen molar-refractivity contribution in [3.8, 4) is 5.88 Å². The number of hydrogen-bond acceptors (Lipinski definition) is 3. The highest BCUT2D eigenvalue weighted by atomic mass is 16.5. The van der Waals surface area contributed by atoms with Crippen LogP contribution in [0.15, 0.2) is 18.2 Å². The van der Waals surface area contributed by atoms with Gasteiger partial charge in [0.25, 0.3) is 0 Å². The van der Waals surface area contributed by atoms with Gasteiger partial charge in [0.05, 0.1) is 0 Å². The van der Waals surface area contributed by atoms with Crippen LogP contribution in [0.5, 0.6) is 5.88 Å². The van der Waals surface area contributed by atoms with Gasteiger partial charge in [0.1, 0.15) is 6.61 Å². The molecule has 0 aliphatic heterocycles. The number of hydrogen-bond donors (Lipinski definition) is 1. The van der Waals surface area contributed by atoms with Crippen molar-refractivity contribution in [1.29, 1.82) is 0 Å². The van der Waals surface area contributed by atoms with E-state index in [9.17, 15) is 0 Å². The van der Waals surface area contributed by atoms with Crippen LogP contribution in [0.25, 0.3) is 0 Å². The average Bonchev–Trinajstić information content (AvgIpc) is 2.13. The van der Waals surface area contributed by atoms with Crippen LogP contribution >= 0.6 is 0 Å². The maximum Gasteiger partial charge on any atom is 0.213 e. The second kappa shape index (κ2) is 5.54. The van der Waals surface area contributed by atoms with E-state index < -0.39 is 0 Å². The minimum atomic E-state index is 0.671. The van der Waals surface area contributed by atoms with Crippen LogP contribution in [-0.4, -0.2) is 24.7 Å². The van der Waals surface area contributed by atoms with Gasteiger partial charge in [-0.2, -0.15) is 0 Å². The van der Waals surface area contributed by atoms with Crippen LogP contribution in [0, 0.1) is 6.92 Å². The number of aromatic nitrogens is 1. The molecule has 0 unspecified atom stereocenters. The maximum atomic E-state index is 5.42. The number of pyridine rings is 1. The van der Waals surface area contributed by atoms with Crippen LogP contribution < -0.4 is 10.1 Å². The average molecular weight is 180 g/mol. The summed E-state index contributed by atoms with van der Waals surface area (Å²) in [4.78, 5) is 4.22. The summed E-state index contributed by atoms with van der Waals surface area (Å²) in [6.07, 6.45) is 0. The molecule has 0 bridgehead atoms. The Bertz CT molecular complexity index is 250. The topological polar surface area (TPSA) is 34.1 Å². The predicted octanol–water partition coefficient (Wildman–Crippen LogP) is 1.38. The second-order valence-electron chi connectivity index (χ2n) is 2.82. The fourth-order valence-electron chi connectivity index (χ4n) is 1.00. The number of nitrogens with one attached hydrogen (secondary N) is 1. The third-order valence-corrected chi connectivity index (χ3v) is 1.64. The molecule has 1 heterocycles. The number of likely N-dealkylation sites (N-methyl/N-ethyl adjacent to an activating group) is 1. The van der Waals surface area contributed by atoms with Crippen LogP contribution in [0.2, 0.25) is 0 Å². The zero-order valence-corrected chi connectivity index (χ0v) is 8.21. The summed E-state index contributed by atoms with van der Waals surface area (Å²) in [5.41, 5.74) is 0.987. The molecular formula is C10H16N2O. The molecule has 1 aromatic heterocycles. The monoisotopic (exact) mass is 180 g/mol. The first-order chi connectivity index (χ1) is 6.33. The minimum Gasteiger partial charge on any atom is -0.476 e. The highest BCUT2D eigenvalue weighted by molar-refractivity contribution is 5.14. The van der Waals surface area contributed by atoms with Gasteiger partial charge in [0, 0.05) is 18.3 Å². The van der Waals surface area contributed by atoms with Crippen LogP contribution in [0.4, 0.5) is 0 Å². The van der Waals surface area contributed by atoms with Gasteiger partial charge in [-0.1, -0.05) is 13.0 Å². The van der Waals surface area contributed by atoms with E-state index in [4.69, 9.17) is 4.74 Å². The molecule has 0 atom stereocenters. The summed E-state index contributed by atoms with van der Waals surface area (Å²) in [5.74, 6) is 0.706. The Morgan fingerprint density at radius 1 is 1.46 bits per heavy atom. The Labute approximate surface area is 79.1 Å². The molecule has 1 N–H and O–H groups in total. The molecule has 0 aliphatic carbocycles. The summed E-state index contributed by atoms with van der Waals surface area (Å²) >= 11 is 0. The van der Waals surface area contributed by atoms with E-state index in [0.717, 1.165) is 18.8 Å². The summed E-state index contributed by atoms with van der Waals surface area (Å²) in [6.45, 7) is 6.54. The van der Waals surface area contributed by atoms with Crippen molar-refractivity contribution in [2.75, 3.05) is 19.7 Å². The standard InChI is InChI=1S/C10H16N2O/c1-3-11-7-8-13-10-6-4-5-9(2)12-10/h4-6,11H,3,7-8H2,1-2H3. The Morgan fingerprint density at radius 3 is 3.00 bits per heavy atom. The first-order valence-electron chi connectivity index (χ1n) is 4.60. The van der Waals surface area contributed by atoms with Gasteiger partial charge in [-0.3, -0.25) is 0 Å². The number of nitrogens with zero attached hydrogens (tertiary/aromatic N) is 1. The van der Waals surface area contributed by atoms with Gasteiger partial charge in [0.15, 0.2) is 0 Å². The lowest BCUT2D eigenvalue weighted by Crippen LogP contribution is -2.20. The predicted molar refractivity (Wildman–Crippen MR) is 53.0 cm³/mol. The highest BCUT2D eigenvalue weighted by Gasteiger charge is 1.93. The Balaban J connectivity index is 2.28. The van der Waals surface area contributed by atoms with Crippen LogP contribution in [0.3, 0.4) is 0 Å². The van der Waals surface area contributed by atoms with Gasteiger partial charge in [0.2, 0.25) is 5.88 Å². The Hall–Kier alpha value is -1.09. The summed E-state index contributed by atoms with van der Waals surface area (Å²) in [7, 11) is 0. The van der Waals surface area contributed by atoms with Crippen LogP contribution in [-0.2, 0) is 0 Å². The molecule has 3 nitrogen and oxygen atoms in total. The fraction of sp³-hybridized carbons (Fsp3) is 0.500. The summed E-state index contributed by atoms with van der Waals surface area (Å²) in [6, 6.07) is 5.78. The molecule has 3 heteroatoms. The lowest BCUT2D eigenvalue weighted by Gasteiger charge is -2.05. The third kappa shape index (κ3) is 3.90. The fourth-order valence-corrected chi connectivity index (χ4v) is 1.00. The highest BCUT2D eigenvalue weighted by Crippen LogP contribution is 2.05. The summed E-state index contributed by atoms with van der Waals surface area (Å²) in [5, 5.41) is 3.18. The molecule has 1 rings (SSSR count). The zero-order valence-electron chi connectivity index (χ0n) is 8.21. The summed E-state index contributed by atoms with van der Waals surface area (Å²) < 4.78 is 5.42. The normalized spacial score (nSPS) is 10.0. The van der Waals surface area contributed by atoms with Crippen LogP contribution in [0.1, 0.15) is 12.6 Å². The maximum absolute atomic E-state index is 5.42. The molecule has 72 valence electrons. The Morgan fingerprint density at radius 2 is 2.31 bits per heavy atom. The van der Waals surface area contributed by atoms with Crippen molar-refractivity contribution in [2.24, 2.45) is 0 Å². The van der Waals surface area contributed by atoms with Crippen molar-refractivity contribution in [3.05, 3.63) is 23.9 Å². The minimum absolute atomic E-state index is 0.671. The second-order valence-corrected chi connectivity index (χ2v) is 2.82. The van der Waals surface area contributed by atoms with Crippen molar-refractivity contribution < 1.29 is 4.74 Å². The molecule has 0 aromatic carbocycles. The molecule has 13 heavy (non-hydrogen) atoms. The Kier molecular flexibility index (Phi) is 4.26. The van der Waals surface area contributed by atoms with Crippen molar-refractivity contribution in [3.63, 3.8) is 0 Å². The number of rotatable bonds is 5. The smallest absolute Gasteiger partial charge is 0.213 e. The van der Waals surface area contributed by atoms with E-state index in [0.29, 0.717) is 12.5 Å². The lowest BCUT2D eigenvalue weighted by atomic mass is 10.4. The van der Waals surface area contributed by atoms with Gasteiger partial charge in [-0.15, -0.1) is 0 Å². The molecule has 0 saturated carbocycles. The van der Waals surface area contributed by atoms with Gasteiger partial charge < -0.3 is 10.1 Å². The lowest BCUT2D eigenvalue weighted by molar-refractivity contribution is 0.303. The van der Waals surface area contributed by atoms with E-state index in [1.807, 2.05) is 25.1 Å². The molecular weight excluding hydrogens is 164 g/mol. The molecule has 0 saturated heterocycles. The largest absolute Gasteiger partial charge is 0.476 e. The van der Waals surface area contributed by atoms with Crippen molar-refractivity contribution >= 4 is 0 Å². The molecule has 0 fully saturated rings. The molecule has 1 aromatic rings. The molecule has 0 aliphatic rings. The van der Waals surface area contributed by atoms with E-state index in [1.54, 1.807) is 0 Å². The number of ether oxygens (including phenoxy) is 1. The first kappa shape index (κ1) is 9.99. The van der Waals surface area contributed by atoms with E-state index >= 15 is 0 Å². The first-order valence-corrected chi connectivity index (χ1v) is 4.60.